The van der Waals surface area contributed by atoms with Crippen molar-refractivity contribution in [3.05, 3.63) is 0 Å². The molecule has 110 valence electrons. The second kappa shape index (κ2) is 6.37. The Labute approximate surface area is 114 Å². The minimum absolute atomic E-state index is 0.180. The molecule has 1 aliphatic carbocycles. The standard InChI is InChI=1S/C14H26N2O3/c1-3-14(4-2,12(18)19)16-11(17)13(10-15)8-6-5-7-9-13/h3-10,15H2,1-2H3,(H,16,17)(H,18,19). The summed E-state index contributed by atoms with van der Waals surface area (Å²) in [5.41, 5.74) is 4.09. The van der Waals surface area contributed by atoms with Gasteiger partial charge in [0.2, 0.25) is 5.91 Å². The van der Waals surface area contributed by atoms with E-state index in [9.17, 15) is 14.7 Å². The Morgan fingerprint density at radius 2 is 1.74 bits per heavy atom. The van der Waals surface area contributed by atoms with Crippen LogP contribution in [0.1, 0.15) is 58.8 Å². The van der Waals surface area contributed by atoms with Crippen LogP contribution in [0.2, 0.25) is 0 Å². The molecule has 1 aliphatic rings. The van der Waals surface area contributed by atoms with Crippen LogP contribution in [-0.2, 0) is 9.59 Å². The maximum absolute atomic E-state index is 12.5. The second-order valence-electron chi connectivity index (χ2n) is 5.59. The predicted octanol–water partition coefficient (Wildman–Crippen LogP) is 1.66. The van der Waals surface area contributed by atoms with Gasteiger partial charge in [-0.05, 0) is 25.7 Å². The summed E-state index contributed by atoms with van der Waals surface area (Å²) in [5.74, 6) is -1.14. The van der Waals surface area contributed by atoms with E-state index in [-0.39, 0.29) is 5.91 Å². The van der Waals surface area contributed by atoms with Gasteiger partial charge in [0, 0.05) is 6.54 Å². The third kappa shape index (κ3) is 3.08. The lowest BCUT2D eigenvalue weighted by molar-refractivity contribution is -0.150. The van der Waals surface area contributed by atoms with Gasteiger partial charge in [-0.1, -0.05) is 33.1 Å². The van der Waals surface area contributed by atoms with E-state index in [0.29, 0.717) is 19.4 Å². The Balaban J connectivity index is 2.89. The maximum Gasteiger partial charge on any atom is 0.329 e. The summed E-state index contributed by atoms with van der Waals surface area (Å²) in [7, 11) is 0. The first-order valence-corrected chi connectivity index (χ1v) is 7.22. The van der Waals surface area contributed by atoms with E-state index in [4.69, 9.17) is 5.73 Å². The van der Waals surface area contributed by atoms with Gasteiger partial charge in [-0.2, -0.15) is 0 Å². The molecule has 19 heavy (non-hydrogen) atoms. The normalized spacial score (nSPS) is 18.9. The number of nitrogens with one attached hydrogen (secondary N) is 1. The minimum atomic E-state index is -1.16. The summed E-state index contributed by atoms with van der Waals surface area (Å²) in [6, 6.07) is 0. The van der Waals surface area contributed by atoms with Gasteiger partial charge in [0.05, 0.1) is 5.41 Å². The van der Waals surface area contributed by atoms with Gasteiger partial charge in [0.1, 0.15) is 5.54 Å². The lowest BCUT2D eigenvalue weighted by atomic mass is 9.72. The van der Waals surface area contributed by atoms with Gasteiger partial charge in [0.25, 0.3) is 0 Å². The van der Waals surface area contributed by atoms with Crippen molar-refractivity contribution in [2.24, 2.45) is 11.1 Å². The Morgan fingerprint density at radius 1 is 1.21 bits per heavy atom. The number of hydrogen-bond acceptors (Lipinski definition) is 3. The number of carboxylic acid groups (broad SMARTS) is 1. The Kier molecular flexibility index (Phi) is 5.35. The van der Waals surface area contributed by atoms with Crippen LogP contribution in [0.5, 0.6) is 0 Å². The summed E-state index contributed by atoms with van der Waals surface area (Å²) in [6.45, 7) is 3.86. The van der Waals surface area contributed by atoms with Gasteiger partial charge in [-0.3, -0.25) is 4.79 Å². The lowest BCUT2D eigenvalue weighted by Gasteiger charge is -2.38. The van der Waals surface area contributed by atoms with E-state index in [2.05, 4.69) is 5.32 Å². The fraction of sp³-hybridized carbons (Fsp3) is 0.857. The van der Waals surface area contributed by atoms with Gasteiger partial charge in [0.15, 0.2) is 0 Å². The van der Waals surface area contributed by atoms with Crippen LogP contribution in [0.25, 0.3) is 0 Å². The van der Waals surface area contributed by atoms with Gasteiger partial charge >= 0.3 is 5.97 Å². The number of carboxylic acids is 1. The summed E-state index contributed by atoms with van der Waals surface area (Å²) in [5, 5.41) is 12.2. The molecule has 1 saturated carbocycles. The van der Waals surface area contributed by atoms with E-state index in [1.165, 1.54) is 0 Å². The number of carbonyl (C=O) groups excluding carboxylic acids is 1. The topological polar surface area (TPSA) is 92.4 Å². The van der Waals surface area contributed by atoms with Crippen molar-refractivity contribution in [2.75, 3.05) is 6.54 Å². The SMILES string of the molecule is CCC(CC)(NC(=O)C1(CN)CCCCC1)C(=O)O. The van der Waals surface area contributed by atoms with Crippen molar-refractivity contribution >= 4 is 11.9 Å². The molecule has 0 aromatic heterocycles. The van der Waals surface area contributed by atoms with Crippen molar-refractivity contribution in [1.82, 2.24) is 5.32 Å². The van der Waals surface area contributed by atoms with E-state index in [1.54, 1.807) is 13.8 Å². The number of aliphatic carboxylic acids is 1. The fourth-order valence-corrected chi connectivity index (χ4v) is 2.89. The fourth-order valence-electron chi connectivity index (χ4n) is 2.89. The smallest absolute Gasteiger partial charge is 0.329 e. The lowest BCUT2D eigenvalue weighted by Crippen LogP contribution is -2.59. The first-order chi connectivity index (χ1) is 8.96. The zero-order chi connectivity index (χ0) is 14.5. The Hall–Kier alpha value is -1.10. The van der Waals surface area contributed by atoms with E-state index in [0.717, 1.165) is 32.1 Å². The molecule has 1 amide bonds. The first kappa shape index (κ1) is 16.0. The van der Waals surface area contributed by atoms with Crippen molar-refractivity contribution in [3.8, 4) is 0 Å². The van der Waals surface area contributed by atoms with Crippen LogP contribution >= 0.6 is 0 Å². The number of hydrogen-bond donors (Lipinski definition) is 3. The van der Waals surface area contributed by atoms with E-state index >= 15 is 0 Å². The Bertz CT molecular complexity index is 332. The molecule has 0 spiro atoms. The summed E-state index contributed by atoms with van der Waals surface area (Å²) in [4.78, 5) is 24.0. The highest BCUT2D eigenvalue weighted by atomic mass is 16.4. The van der Waals surface area contributed by atoms with Gasteiger partial charge < -0.3 is 16.2 Å². The molecule has 0 unspecified atom stereocenters. The molecule has 0 aromatic carbocycles. The summed E-state index contributed by atoms with van der Waals surface area (Å²) in [6.07, 6.45) is 5.39. The molecule has 1 rings (SSSR count). The molecular formula is C14H26N2O3. The van der Waals surface area contributed by atoms with E-state index in [1.807, 2.05) is 0 Å². The van der Waals surface area contributed by atoms with Crippen LogP contribution < -0.4 is 11.1 Å². The van der Waals surface area contributed by atoms with Crippen LogP contribution in [0.4, 0.5) is 0 Å². The molecule has 0 aliphatic heterocycles. The molecule has 0 atom stereocenters. The van der Waals surface area contributed by atoms with E-state index < -0.39 is 16.9 Å². The Morgan fingerprint density at radius 3 is 2.11 bits per heavy atom. The zero-order valence-electron chi connectivity index (χ0n) is 12.0. The predicted molar refractivity (Wildman–Crippen MR) is 73.7 cm³/mol. The number of rotatable bonds is 6. The average Bonchev–Trinajstić information content (AvgIpc) is 2.44. The van der Waals surface area contributed by atoms with Crippen molar-refractivity contribution in [3.63, 3.8) is 0 Å². The largest absolute Gasteiger partial charge is 0.480 e. The zero-order valence-corrected chi connectivity index (χ0v) is 12.0. The summed E-state index contributed by atoms with van der Waals surface area (Å²) < 4.78 is 0. The maximum atomic E-state index is 12.5. The quantitative estimate of drug-likeness (QED) is 0.684. The monoisotopic (exact) mass is 270 g/mol. The highest BCUT2D eigenvalue weighted by Crippen LogP contribution is 2.36. The van der Waals surface area contributed by atoms with Crippen molar-refractivity contribution in [2.45, 2.75) is 64.3 Å². The highest BCUT2D eigenvalue weighted by Gasteiger charge is 2.44. The van der Waals surface area contributed by atoms with Gasteiger partial charge in [-0.25, -0.2) is 4.79 Å². The third-order valence-electron chi connectivity index (χ3n) is 4.65. The number of amides is 1. The van der Waals surface area contributed by atoms with Crippen LogP contribution in [0, 0.1) is 5.41 Å². The second-order valence-corrected chi connectivity index (χ2v) is 5.59. The average molecular weight is 270 g/mol. The molecule has 5 nitrogen and oxygen atoms in total. The van der Waals surface area contributed by atoms with Crippen molar-refractivity contribution < 1.29 is 14.7 Å². The minimum Gasteiger partial charge on any atom is -0.480 e. The van der Waals surface area contributed by atoms with Crippen LogP contribution in [0.3, 0.4) is 0 Å². The van der Waals surface area contributed by atoms with Crippen LogP contribution in [0.15, 0.2) is 0 Å². The molecule has 0 bridgehead atoms. The number of nitrogens with two attached hydrogens (primary N) is 1. The molecule has 5 heteroatoms. The van der Waals surface area contributed by atoms with Gasteiger partial charge in [-0.15, -0.1) is 0 Å². The molecule has 0 radical (unpaired) electrons. The van der Waals surface area contributed by atoms with Crippen LogP contribution in [-0.4, -0.2) is 29.1 Å². The first-order valence-electron chi connectivity index (χ1n) is 7.22. The molecule has 4 N–H and O–H groups in total. The third-order valence-corrected chi connectivity index (χ3v) is 4.65. The highest BCUT2D eigenvalue weighted by molar-refractivity contribution is 5.90. The molecule has 0 saturated heterocycles. The molecule has 1 fully saturated rings. The summed E-state index contributed by atoms with van der Waals surface area (Å²) >= 11 is 0. The molecule has 0 aromatic rings. The van der Waals surface area contributed by atoms with Crippen molar-refractivity contribution in [1.29, 1.82) is 0 Å². The number of carbonyl (C=O) groups is 2. The molecular weight excluding hydrogens is 244 g/mol. The molecule has 0 heterocycles.